The first-order valence-electron chi connectivity index (χ1n) is 7.97. The number of hydrogen-bond donors (Lipinski definition) is 0. The van der Waals surface area contributed by atoms with Crippen molar-refractivity contribution in [2.45, 2.75) is 26.0 Å². The molecule has 0 spiro atoms. The molecule has 123 valence electrons. The lowest BCUT2D eigenvalue weighted by atomic mass is 10.0. The standard InChI is InChI=1S/C20H26NO2/c1-5-20(21(2)3)23-19-12-7-6-10-17(19)14-13-16-9-8-11-18(15-16)22-4/h5-12,15,20H,13-14H2,1-4H3/t20-/m1/s1. The van der Waals surface area contributed by atoms with Gasteiger partial charge in [0.1, 0.15) is 11.5 Å². The molecule has 3 nitrogen and oxygen atoms in total. The normalized spacial score (nSPS) is 12.2. The molecular formula is C20H26NO2. The van der Waals surface area contributed by atoms with Gasteiger partial charge in [-0.1, -0.05) is 37.3 Å². The van der Waals surface area contributed by atoms with E-state index in [0.717, 1.165) is 24.3 Å². The molecule has 0 saturated carbocycles. The topological polar surface area (TPSA) is 21.7 Å². The fourth-order valence-electron chi connectivity index (χ4n) is 2.53. The molecule has 1 atom stereocenters. The Morgan fingerprint density at radius 1 is 1.04 bits per heavy atom. The van der Waals surface area contributed by atoms with E-state index in [1.807, 2.05) is 45.3 Å². The Morgan fingerprint density at radius 3 is 2.52 bits per heavy atom. The average molecular weight is 312 g/mol. The number of nitrogens with zero attached hydrogens (tertiary/aromatic N) is 1. The highest BCUT2D eigenvalue weighted by atomic mass is 16.5. The molecule has 1 radical (unpaired) electrons. The fraction of sp³-hybridized carbons (Fsp3) is 0.350. The molecule has 2 aromatic rings. The molecule has 0 aliphatic rings. The van der Waals surface area contributed by atoms with E-state index in [4.69, 9.17) is 9.47 Å². The minimum Gasteiger partial charge on any atom is -0.497 e. The van der Waals surface area contributed by atoms with Crippen LogP contribution in [0.15, 0.2) is 48.5 Å². The molecule has 0 fully saturated rings. The molecule has 0 unspecified atom stereocenters. The zero-order valence-electron chi connectivity index (χ0n) is 14.5. The molecule has 2 rings (SSSR count). The Bertz CT molecular complexity index is 610. The zero-order valence-corrected chi connectivity index (χ0v) is 14.5. The monoisotopic (exact) mass is 312 g/mol. The molecule has 3 heteroatoms. The van der Waals surface area contributed by atoms with Gasteiger partial charge in [-0.25, -0.2) is 0 Å². The first kappa shape index (κ1) is 17.4. The second kappa shape index (κ2) is 8.59. The first-order chi connectivity index (χ1) is 11.1. The van der Waals surface area contributed by atoms with Gasteiger partial charge in [0.25, 0.3) is 0 Å². The number of aryl methyl sites for hydroxylation is 2. The third-order valence-electron chi connectivity index (χ3n) is 3.83. The summed E-state index contributed by atoms with van der Waals surface area (Å²) in [6.45, 7) is 2.02. The van der Waals surface area contributed by atoms with E-state index in [1.54, 1.807) is 7.11 Å². The van der Waals surface area contributed by atoms with Crippen LogP contribution in [0.2, 0.25) is 0 Å². The Morgan fingerprint density at radius 2 is 1.83 bits per heavy atom. The number of para-hydroxylation sites is 1. The summed E-state index contributed by atoms with van der Waals surface area (Å²) in [5.74, 6) is 1.85. The summed E-state index contributed by atoms with van der Waals surface area (Å²) < 4.78 is 11.4. The van der Waals surface area contributed by atoms with Gasteiger partial charge in [-0.05, 0) is 56.3 Å². The average Bonchev–Trinajstić information content (AvgIpc) is 2.58. The van der Waals surface area contributed by atoms with Crippen molar-refractivity contribution in [1.29, 1.82) is 0 Å². The van der Waals surface area contributed by atoms with Crippen LogP contribution in [0.25, 0.3) is 0 Å². The molecule has 2 aromatic carbocycles. The summed E-state index contributed by atoms with van der Waals surface area (Å²) in [4.78, 5) is 2.05. The van der Waals surface area contributed by atoms with Gasteiger partial charge in [0.05, 0.1) is 7.11 Å². The van der Waals surface area contributed by atoms with Crippen molar-refractivity contribution >= 4 is 0 Å². The SMILES string of the molecule is C[CH][C@@H](Oc1ccccc1CCc1cccc(OC)c1)N(C)C. The van der Waals surface area contributed by atoms with Crippen molar-refractivity contribution in [3.63, 3.8) is 0 Å². The van der Waals surface area contributed by atoms with Crippen LogP contribution in [0.3, 0.4) is 0 Å². The lowest BCUT2D eigenvalue weighted by Crippen LogP contribution is -2.33. The van der Waals surface area contributed by atoms with Crippen molar-refractivity contribution in [1.82, 2.24) is 4.90 Å². The Balaban J connectivity index is 2.07. The molecule has 0 amide bonds. The van der Waals surface area contributed by atoms with Gasteiger partial charge >= 0.3 is 0 Å². The number of hydrogen-bond acceptors (Lipinski definition) is 3. The second-order valence-electron chi connectivity index (χ2n) is 5.76. The Labute approximate surface area is 139 Å². The molecule has 0 heterocycles. The van der Waals surface area contributed by atoms with E-state index in [1.165, 1.54) is 11.1 Å². The number of benzene rings is 2. The van der Waals surface area contributed by atoms with Crippen LogP contribution in [-0.2, 0) is 12.8 Å². The van der Waals surface area contributed by atoms with Gasteiger partial charge in [-0.15, -0.1) is 0 Å². The lowest BCUT2D eigenvalue weighted by molar-refractivity contribution is 0.0922. The fourth-order valence-corrected chi connectivity index (χ4v) is 2.53. The van der Waals surface area contributed by atoms with Gasteiger partial charge in [-0.2, -0.15) is 0 Å². The zero-order chi connectivity index (χ0) is 16.7. The first-order valence-corrected chi connectivity index (χ1v) is 7.97. The Kier molecular flexibility index (Phi) is 6.48. The van der Waals surface area contributed by atoms with Gasteiger partial charge < -0.3 is 9.47 Å². The van der Waals surface area contributed by atoms with Crippen molar-refractivity contribution in [2.24, 2.45) is 0 Å². The van der Waals surface area contributed by atoms with Crippen LogP contribution in [0.5, 0.6) is 11.5 Å². The van der Waals surface area contributed by atoms with Crippen LogP contribution < -0.4 is 9.47 Å². The van der Waals surface area contributed by atoms with Crippen LogP contribution >= 0.6 is 0 Å². The van der Waals surface area contributed by atoms with E-state index in [9.17, 15) is 0 Å². The summed E-state index contributed by atoms with van der Waals surface area (Å²) in [6, 6.07) is 16.5. The molecule has 0 bridgehead atoms. The highest BCUT2D eigenvalue weighted by Crippen LogP contribution is 2.23. The molecule has 0 saturated heterocycles. The smallest absolute Gasteiger partial charge is 0.155 e. The van der Waals surface area contributed by atoms with Gasteiger partial charge in [-0.3, -0.25) is 4.90 Å². The molecule has 0 aromatic heterocycles. The quantitative estimate of drug-likeness (QED) is 0.688. The highest BCUT2D eigenvalue weighted by Gasteiger charge is 2.13. The number of methoxy groups -OCH3 is 1. The number of rotatable bonds is 8. The summed E-state index contributed by atoms with van der Waals surface area (Å²) in [6.07, 6.45) is 3.93. The lowest BCUT2D eigenvalue weighted by Gasteiger charge is -2.25. The van der Waals surface area contributed by atoms with Gasteiger partial charge in [0.2, 0.25) is 0 Å². The largest absolute Gasteiger partial charge is 0.497 e. The number of ether oxygens (including phenoxy) is 2. The predicted octanol–water partition coefficient (Wildman–Crippen LogP) is 3.97. The van der Waals surface area contributed by atoms with E-state index in [0.29, 0.717) is 0 Å². The predicted molar refractivity (Wildman–Crippen MR) is 94.9 cm³/mol. The Hall–Kier alpha value is -2.00. The summed E-state index contributed by atoms with van der Waals surface area (Å²) in [5, 5.41) is 0. The third kappa shape index (κ3) is 5.00. The van der Waals surface area contributed by atoms with E-state index in [-0.39, 0.29) is 6.23 Å². The van der Waals surface area contributed by atoms with Crippen LogP contribution in [-0.4, -0.2) is 32.3 Å². The van der Waals surface area contributed by atoms with Crippen molar-refractivity contribution in [3.05, 3.63) is 66.1 Å². The minimum absolute atomic E-state index is 0.0204. The summed E-state index contributed by atoms with van der Waals surface area (Å²) >= 11 is 0. The highest BCUT2D eigenvalue weighted by molar-refractivity contribution is 5.35. The van der Waals surface area contributed by atoms with Crippen LogP contribution in [0.1, 0.15) is 18.1 Å². The maximum absolute atomic E-state index is 6.14. The van der Waals surface area contributed by atoms with Crippen molar-refractivity contribution < 1.29 is 9.47 Å². The summed E-state index contributed by atoms with van der Waals surface area (Å²) in [5.41, 5.74) is 2.49. The van der Waals surface area contributed by atoms with Crippen molar-refractivity contribution in [3.8, 4) is 11.5 Å². The molecular weight excluding hydrogens is 286 g/mol. The van der Waals surface area contributed by atoms with E-state index in [2.05, 4.69) is 35.6 Å². The van der Waals surface area contributed by atoms with Crippen molar-refractivity contribution in [2.75, 3.05) is 21.2 Å². The van der Waals surface area contributed by atoms with Gasteiger partial charge in [0, 0.05) is 6.42 Å². The van der Waals surface area contributed by atoms with E-state index < -0.39 is 0 Å². The second-order valence-corrected chi connectivity index (χ2v) is 5.76. The maximum Gasteiger partial charge on any atom is 0.155 e. The molecule has 0 aliphatic carbocycles. The van der Waals surface area contributed by atoms with E-state index >= 15 is 0 Å². The van der Waals surface area contributed by atoms with Crippen LogP contribution in [0, 0.1) is 6.42 Å². The maximum atomic E-state index is 6.14. The van der Waals surface area contributed by atoms with Gasteiger partial charge in [0.15, 0.2) is 6.23 Å². The molecule has 0 N–H and O–H groups in total. The summed E-state index contributed by atoms with van der Waals surface area (Å²) in [7, 11) is 5.73. The van der Waals surface area contributed by atoms with Crippen LogP contribution in [0.4, 0.5) is 0 Å². The minimum atomic E-state index is -0.0204. The third-order valence-corrected chi connectivity index (χ3v) is 3.83. The molecule has 0 aliphatic heterocycles. The molecule has 23 heavy (non-hydrogen) atoms.